The van der Waals surface area contributed by atoms with Crippen LogP contribution in [-0.2, 0) is 17.7 Å². The number of carbonyl (C=O) groups excluding carboxylic acids is 1. The van der Waals surface area contributed by atoms with E-state index in [0.29, 0.717) is 12.8 Å². The van der Waals surface area contributed by atoms with Gasteiger partial charge in [-0.1, -0.05) is 48.5 Å². The van der Waals surface area contributed by atoms with Gasteiger partial charge in [0, 0.05) is 12.7 Å². The molecular formula is C20H23N3O4. The molecule has 3 amide bonds. The van der Waals surface area contributed by atoms with Crippen molar-refractivity contribution in [3.05, 3.63) is 65.7 Å². The first-order valence-electron chi connectivity index (χ1n) is 8.72. The lowest BCUT2D eigenvalue weighted by atomic mass is 9.87. The molecule has 27 heavy (non-hydrogen) atoms. The molecule has 3 rings (SSSR count). The first kappa shape index (κ1) is 18.7. The van der Waals surface area contributed by atoms with Crippen LogP contribution < -0.4 is 10.4 Å². The Balaban J connectivity index is 2.07. The highest BCUT2D eigenvalue weighted by Crippen LogP contribution is 2.34. The molecule has 0 unspecified atom stereocenters. The Morgan fingerprint density at radius 1 is 1.19 bits per heavy atom. The number of nitrogens with one attached hydrogen (secondary N) is 1. The van der Waals surface area contributed by atoms with Gasteiger partial charge in [-0.3, -0.25) is 9.74 Å². The van der Waals surface area contributed by atoms with Gasteiger partial charge in [-0.25, -0.2) is 15.1 Å². The Kier molecular flexibility index (Phi) is 5.61. The fourth-order valence-corrected chi connectivity index (χ4v) is 3.65. The van der Waals surface area contributed by atoms with Gasteiger partial charge in [-0.05, 0) is 30.0 Å². The molecule has 0 aromatic heterocycles. The summed E-state index contributed by atoms with van der Waals surface area (Å²) in [7, 11) is 2.92. The maximum atomic E-state index is 12.8. The van der Waals surface area contributed by atoms with Crippen LogP contribution >= 0.6 is 0 Å². The Labute approximate surface area is 158 Å². The third kappa shape index (κ3) is 3.88. The monoisotopic (exact) mass is 369 g/mol. The van der Waals surface area contributed by atoms with Gasteiger partial charge in [0.15, 0.2) is 0 Å². The number of fused-ring (bicyclic) bond motifs is 1. The fraction of sp³-hybridized carbons (Fsp3) is 0.300. The standard InChI is InChI=1S/C20H23N3O4/c1-22(20(25)26)17-13-15-10-6-7-11-16(15)23(19(24)21-27-2)18(17)12-14-8-4-3-5-9-14/h3-11,17-18H,12-13H2,1-2H3,(H,21,24)(H,25,26)/t17-,18-/m1/s1. The van der Waals surface area contributed by atoms with Crippen molar-refractivity contribution < 1.29 is 19.5 Å². The molecule has 0 saturated heterocycles. The van der Waals surface area contributed by atoms with E-state index < -0.39 is 12.1 Å². The summed E-state index contributed by atoms with van der Waals surface area (Å²) in [6, 6.07) is 16.1. The van der Waals surface area contributed by atoms with E-state index in [9.17, 15) is 14.7 Å². The topological polar surface area (TPSA) is 82.1 Å². The van der Waals surface area contributed by atoms with E-state index >= 15 is 0 Å². The van der Waals surface area contributed by atoms with Gasteiger partial charge in [0.1, 0.15) is 0 Å². The SMILES string of the molecule is CONC(=O)N1c2ccccc2C[C@@H](N(C)C(=O)O)[C@H]1Cc1ccccc1. The van der Waals surface area contributed by atoms with Gasteiger partial charge >= 0.3 is 12.1 Å². The quantitative estimate of drug-likeness (QED) is 0.812. The van der Waals surface area contributed by atoms with Crippen LogP contribution in [0.4, 0.5) is 15.3 Å². The van der Waals surface area contributed by atoms with Crippen molar-refractivity contribution in [3.63, 3.8) is 0 Å². The zero-order valence-electron chi connectivity index (χ0n) is 15.3. The van der Waals surface area contributed by atoms with E-state index in [-0.39, 0.29) is 12.1 Å². The average molecular weight is 369 g/mol. The molecule has 142 valence electrons. The maximum Gasteiger partial charge on any atom is 0.407 e. The van der Waals surface area contributed by atoms with E-state index in [1.165, 1.54) is 12.0 Å². The molecule has 0 spiro atoms. The molecule has 1 aliphatic heterocycles. The Bertz CT molecular complexity index is 812. The van der Waals surface area contributed by atoms with Crippen LogP contribution in [0.25, 0.3) is 0 Å². The number of likely N-dealkylation sites (N-methyl/N-ethyl adjacent to an activating group) is 1. The van der Waals surface area contributed by atoms with Crippen LogP contribution in [-0.4, -0.2) is 48.4 Å². The predicted octanol–water partition coefficient (Wildman–Crippen LogP) is 2.91. The fourth-order valence-electron chi connectivity index (χ4n) is 3.65. The predicted molar refractivity (Wildman–Crippen MR) is 102 cm³/mol. The summed E-state index contributed by atoms with van der Waals surface area (Å²) in [6.45, 7) is 0. The number of amides is 3. The zero-order chi connectivity index (χ0) is 19.4. The number of hydrogen-bond donors (Lipinski definition) is 2. The highest BCUT2D eigenvalue weighted by molar-refractivity contribution is 5.94. The highest BCUT2D eigenvalue weighted by atomic mass is 16.6. The summed E-state index contributed by atoms with van der Waals surface area (Å²) in [5, 5.41) is 9.58. The van der Waals surface area contributed by atoms with Crippen LogP contribution in [0.3, 0.4) is 0 Å². The van der Waals surface area contributed by atoms with Gasteiger partial charge in [0.2, 0.25) is 0 Å². The molecule has 7 nitrogen and oxygen atoms in total. The number of nitrogens with zero attached hydrogens (tertiary/aromatic N) is 2. The second-order valence-corrected chi connectivity index (χ2v) is 6.53. The number of benzene rings is 2. The highest BCUT2D eigenvalue weighted by Gasteiger charge is 2.41. The second kappa shape index (κ2) is 8.09. The van der Waals surface area contributed by atoms with Crippen LogP contribution in [0, 0.1) is 0 Å². The molecule has 7 heteroatoms. The molecule has 2 atom stereocenters. The summed E-state index contributed by atoms with van der Waals surface area (Å²) >= 11 is 0. The van der Waals surface area contributed by atoms with Crippen molar-refractivity contribution in [1.29, 1.82) is 0 Å². The molecule has 0 fully saturated rings. The molecule has 2 N–H and O–H groups in total. The number of rotatable bonds is 4. The first-order valence-corrected chi connectivity index (χ1v) is 8.72. The largest absolute Gasteiger partial charge is 0.465 e. The maximum absolute atomic E-state index is 12.8. The second-order valence-electron chi connectivity index (χ2n) is 6.53. The van der Waals surface area contributed by atoms with Crippen LogP contribution in [0.2, 0.25) is 0 Å². The number of carboxylic acid groups (broad SMARTS) is 1. The number of carbonyl (C=O) groups is 2. The van der Waals surface area contributed by atoms with Crippen LogP contribution in [0.15, 0.2) is 54.6 Å². The molecule has 2 aromatic carbocycles. The summed E-state index contributed by atoms with van der Waals surface area (Å²) in [6.07, 6.45) is 0.0338. The smallest absolute Gasteiger partial charge is 0.407 e. The molecule has 0 radical (unpaired) electrons. The lowest BCUT2D eigenvalue weighted by Gasteiger charge is -2.44. The normalized spacial score (nSPS) is 18.5. The molecular weight excluding hydrogens is 346 g/mol. The van der Waals surface area contributed by atoms with Gasteiger partial charge in [0.05, 0.1) is 19.2 Å². The number of hydroxylamine groups is 1. The molecule has 0 saturated carbocycles. The van der Waals surface area contributed by atoms with Gasteiger partial charge in [-0.15, -0.1) is 0 Å². The Hall–Kier alpha value is -3.06. The minimum absolute atomic E-state index is 0.376. The van der Waals surface area contributed by atoms with Gasteiger partial charge in [0.25, 0.3) is 0 Å². The van der Waals surface area contributed by atoms with Crippen molar-refractivity contribution >= 4 is 17.8 Å². The number of para-hydroxylation sites is 1. The number of urea groups is 1. The number of hydrogen-bond acceptors (Lipinski definition) is 3. The Morgan fingerprint density at radius 2 is 1.85 bits per heavy atom. The summed E-state index contributed by atoms with van der Waals surface area (Å²) < 4.78 is 0. The number of anilines is 1. The van der Waals surface area contributed by atoms with Gasteiger partial charge < -0.3 is 10.0 Å². The Morgan fingerprint density at radius 3 is 2.52 bits per heavy atom. The van der Waals surface area contributed by atoms with Crippen molar-refractivity contribution in [2.45, 2.75) is 24.9 Å². The minimum atomic E-state index is -1.02. The van der Waals surface area contributed by atoms with E-state index in [0.717, 1.165) is 16.8 Å². The van der Waals surface area contributed by atoms with Crippen LogP contribution in [0.5, 0.6) is 0 Å². The molecule has 0 bridgehead atoms. The average Bonchev–Trinajstić information content (AvgIpc) is 2.67. The third-order valence-corrected chi connectivity index (χ3v) is 4.95. The van der Waals surface area contributed by atoms with E-state index in [1.54, 1.807) is 11.9 Å². The summed E-state index contributed by atoms with van der Waals surface area (Å²) in [5.41, 5.74) is 5.10. The first-order chi connectivity index (χ1) is 13.0. The minimum Gasteiger partial charge on any atom is -0.465 e. The lowest BCUT2D eigenvalue weighted by Crippen LogP contribution is -2.60. The van der Waals surface area contributed by atoms with Crippen molar-refractivity contribution in [1.82, 2.24) is 10.4 Å². The van der Waals surface area contributed by atoms with E-state index in [1.807, 2.05) is 54.6 Å². The van der Waals surface area contributed by atoms with Crippen molar-refractivity contribution in [3.8, 4) is 0 Å². The van der Waals surface area contributed by atoms with E-state index in [2.05, 4.69) is 5.48 Å². The van der Waals surface area contributed by atoms with Gasteiger partial charge in [-0.2, -0.15) is 0 Å². The lowest BCUT2D eigenvalue weighted by molar-refractivity contribution is 0.104. The third-order valence-electron chi connectivity index (χ3n) is 4.95. The summed E-state index contributed by atoms with van der Waals surface area (Å²) in [4.78, 5) is 32.3. The molecule has 0 aliphatic carbocycles. The molecule has 2 aromatic rings. The van der Waals surface area contributed by atoms with Crippen molar-refractivity contribution in [2.75, 3.05) is 19.1 Å². The molecule has 1 heterocycles. The summed E-state index contributed by atoms with van der Waals surface area (Å²) in [5.74, 6) is 0. The van der Waals surface area contributed by atoms with Crippen molar-refractivity contribution in [2.24, 2.45) is 0 Å². The molecule has 1 aliphatic rings. The van der Waals surface area contributed by atoms with E-state index in [4.69, 9.17) is 4.84 Å². The van der Waals surface area contributed by atoms with Crippen LogP contribution in [0.1, 0.15) is 11.1 Å². The zero-order valence-corrected chi connectivity index (χ0v) is 15.3.